The van der Waals surface area contributed by atoms with Gasteiger partial charge >= 0.3 is 0 Å². The summed E-state index contributed by atoms with van der Waals surface area (Å²) >= 11 is 0. The first kappa shape index (κ1) is 18.5. The second-order valence-corrected chi connectivity index (χ2v) is 6.96. The minimum atomic E-state index is -0.720. The summed E-state index contributed by atoms with van der Waals surface area (Å²) in [5.74, 6) is -2.15. The molecule has 28 heavy (non-hydrogen) atoms. The lowest BCUT2D eigenvalue weighted by molar-refractivity contribution is 0.576. The van der Waals surface area contributed by atoms with Crippen molar-refractivity contribution in [2.45, 2.75) is 26.2 Å². The van der Waals surface area contributed by atoms with Gasteiger partial charge in [-0.3, -0.25) is 0 Å². The molecule has 0 saturated heterocycles. The number of hydrogen-bond donors (Lipinski definition) is 0. The Kier molecular flexibility index (Phi) is 4.80. The third-order valence-electron chi connectivity index (χ3n) is 5.25. The van der Waals surface area contributed by atoms with Gasteiger partial charge in [-0.25, -0.2) is 17.6 Å². The van der Waals surface area contributed by atoms with E-state index in [1.54, 1.807) is 12.1 Å². The number of benzene rings is 3. The third kappa shape index (κ3) is 3.24. The van der Waals surface area contributed by atoms with Crippen LogP contribution in [-0.4, -0.2) is 0 Å². The Morgan fingerprint density at radius 3 is 2.25 bits per heavy atom. The lowest BCUT2D eigenvalue weighted by Crippen LogP contribution is -2.06. The van der Waals surface area contributed by atoms with Gasteiger partial charge in [0.05, 0.1) is 5.56 Å². The molecule has 0 saturated carbocycles. The summed E-state index contributed by atoms with van der Waals surface area (Å²) in [6.45, 7) is 1.95. The monoisotopic (exact) mass is 382 g/mol. The Morgan fingerprint density at radius 2 is 1.57 bits per heavy atom. The molecule has 0 spiro atoms. The maximum atomic E-state index is 15.1. The predicted octanol–water partition coefficient (Wildman–Crippen LogP) is 6.96. The van der Waals surface area contributed by atoms with Gasteiger partial charge in [0.15, 0.2) is 0 Å². The maximum Gasteiger partial charge on any atom is 0.137 e. The van der Waals surface area contributed by atoms with Crippen molar-refractivity contribution in [3.8, 4) is 11.1 Å². The fourth-order valence-corrected chi connectivity index (χ4v) is 3.71. The highest BCUT2D eigenvalue weighted by molar-refractivity contribution is 5.86. The van der Waals surface area contributed by atoms with Crippen molar-refractivity contribution in [3.05, 3.63) is 94.1 Å². The molecule has 142 valence electrons. The number of hydrogen-bond acceptors (Lipinski definition) is 0. The summed E-state index contributed by atoms with van der Waals surface area (Å²) in [6, 6.07) is 11.4. The quantitative estimate of drug-likeness (QED) is 0.430. The molecule has 0 amide bonds. The number of rotatable bonds is 3. The zero-order valence-corrected chi connectivity index (χ0v) is 15.3. The van der Waals surface area contributed by atoms with Crippen LogP contribution in [0.1, 0.15) is 35.6 Å². The van der Waals surface area contributed by atoms with Gasteiger partial charge in [0.2, 0.25) is 0 Å². The highest BCUT2D eigenvalue weighted by Gasteiger charge is 2.23. The summed E-state index contributed by atoms with van der Waals surface area (Å²) in [7, 11) is 0. The van der Waals surface area contributed by atoms with Gasteiger partial charge in [0, 0.05) is 5.56 Å². The zero-order valence-electron chi connectivity index (χ0n) is 15.3. The van der Waals surface area contributed by atoms with Crippen molar-refractivity contribution in [3.63, 3.8) is 0 Å². The Balaban J connectivity index is 1.79. The van der Waals surface area contributed by atoms with Crippen LogP contribution in [0.5, 0.6) is 0 Å². The predicted molar refractivity (Wildman–Crippen MR) is 104 cm³/mol. The first-order chi connectivity index (χ1) is 13.5. The minimum Gasteiger partial charge on any atom is -0.207 e. The van der Waals surface area contributed by atoms with Crippen LogP contribution in [0, 0.1) is 23.3 Å². The molecule has 0 heterocycles. The number of fused-ring (bicyclic) bond motifs is 1. The highest BCUT2D eigenvalue weighted by Crippen LogP contribution is 2.37. The summed E-state index contributed by atoms with van der Waals surface area (Å²) in [6.07, 6.45) is 3.20. The standard InChI is InChI=1S/C24H18F4/c1-2-14-3-9-19(21(26)11-14)16-6-10-20-17(12-16)13-22(27)23(24(20)28)15-4-7-18(25)8-5-15/h3-5,7-9,11-13H,2,6,10H2,1H3. The van der Waals surface area contributed by atoms with Gasteiger partial charge in [0.25, 0.3) is 0 Å². The van der Waals surface area contributed by atoms with Gasteiger partial charge < -0.3 is 0 Å². The zero-order chi connectivity index (χ0) is 19.8. The van der Waals surface area contributed by atoms with Crippen molar-refractivity contribution in [2.24, 2.45) is 0 Å². The Morgan fingerprint density at radius 1 is 0.821 bits per heavy atom. The van der Waals surface area contributed by atoms with E-state index < -0.39 is 17.5 Å². The molecule has 3 aromatic rings. The van der Waals surface area contributed by atoms with Gasteiger partial charge in [-0.05, 0) is 71.4 Å². The average Bonchev–Trinajstić information content (AvgIpc) is 2.69. The van der Waals surface area contributed by atoms with E-state index in [9.17, 15) is 13.2 Å². The molecule has 0 aromatic heterocycles. The van der Waals surface area contributed by atoms with E-state index in [-0.39, 0.29) is 16.9 Å². The molecule has 1 aliphatic rings. The van der Waals surface area contributed by atoms with Crippen molar-refractivity contribution in [1.29, 1.82) is 0 Å². The molecule has 4 heteroatoms. The lowest BCUT2D eigenvalue weighted by atomic mass is 9.86. The largest absolute Gasteiger partial charge is 0.207 e. The molecule has 4 rings (SSSR count). The smallest absolute Gasteiger partial charge is 0.137 e. The fourth-order valence-electron chi connectivity index (χ4n) is 3.71. The summed E-state index contributed by atoms with van der Waals surface area (Å²) in [5.41, 5.74) is 3.03. The molecule has 0 unspecified atom stereocenters. The number of halogens is 4. The van der Waals surface area contributed by atoms with E-state index in [1.807, 2.05) is 13.0 Å². The normalized spacial score (nSPS) is 13.2. The molecule has 0 atom stereocenters. The second kappa shape index (κ2) is 7.27. The number of allylic oxidation sites excluding steroid dienone is 1. The van der Waals surface area contributed by atoms with Gasteiger partial charge in [-0.1, -0.05) is 37.3 Å². The van der Waals surface area contributed by atoms with Crippen LogP contribution in [0.15, 0.2) is 48.5 Å². The summed E-state index contributed by atoms with van der Waals surface area (Å²) < 4.78 is 57.4. The highest BCUT2D eigenvalue weighted by atomic mass is 19.1. The maximum absolute atomic E-state index is 15.1. The third-order valence-corrected chi connectivity index (χ3v) is 5.25. The minimum absolute atomic E-state index is 0.158. The Bertz CT molecular complexity index is 1080. The van der Waals surface area contributed by atoms with Crippen LogP contribution < -0.4 is 0 Å². The first-order valence-electron chi connectivity index (χ1n) is 9.24. The van der Waals surface area contributed by atoms with Gasteiger partial charge in [0.1, 0.15) is 23.3 Å². The fraction of sp³-hybridized carbons (Fsp3) is 0.167. The molecular weight excluding hydrogens is 364 g/mol. The van der Waals surface area contributed by atoms with E-state index in [1.165, 1.54) is 36.4 Å². The van der Waals surface area contributed by atoms with Crippen LogP contribution in [-0.2, 0) is 12.8 Å². The van der Waals surface area contributed by atoms with E-state index in [4.69, 9.17) is 0 Å². The molecule has 0 fully saturated rings. The van der Waals surface area contributed by atoms with E-state index in [0.29, 0.717) is 29.5 Å². The van der Waals surface area contributed by atoms with Crippen LogP contribution >= 0.6 is 0 Å². The van der Waals surface area contributed by atoms with Crippen LogP contribution in [0.25, 0.3) is 22.8 Å². The van der Waals surface area contributed by atoms with Crippen LogP contribution in [0.4, 0.5) is 17.6 Å². The van der Waals surface area contributed by atoms with Crippen molar-refractivity contribution >= 4 is 11.6 Å². The topological polar surface area (TPSA) is 0 Å². The molecule has 0 radical (unpaired) electrons. The van der Waals surface area contributed by atoms with Gasteiger partial charge in [-0.2, -0.15) is 0 Å². The van der Waals surface area contributed by atoms with Gasteiger partial charge in [-0.15, -0.1) is 0 Å². The molecule has 0 N–H and O–H groups in total. The molecule has 0 aliphatic heterocycles. The molecule has 0 nitrogen and oxygen atoms in total. The van der Waals surface area contributed by atoms with E-state index in [0.717, 1.165) is 17.6 Å². The lowest BCUT2D eigenvalue weighted by Gasteiger charge is -2.20. The van der Waals surface area contributed by atoms with E-state index >= 15 is 4.39 Å². The Hall–Kier alpha value is -2.88. The average molecular weight is 382 g/mol. The second-order valence-electron chi connectivity index (χ2n) is 6.96. The van der Waals surface area contributed by atoms with Crippen molar-refractivity contribution in [1.82, 2.24) is 0 Å². The SMILES string of the molecule is CCc1ccc(C2=Cc3cc(F)c(-c4ccc(F)cc4)c(F)c3CC2)c(F)c1. The summed E-state index contributed by atoms with van der Waals surface area (Å²) in [5, 5.41) is 0. The number of aryl methyl sites for hydroxylation is 1. The van der Waals surface area contributed by atoms with Crippen molar-refractivity contribution in [2.75, 3.05) is 0 Å². The first-order valence-corrected chi connectivity index (χ1v) is 9.24. The molecule has 0 bridgehead atoms. The van der Waals surface area contributed by atoms with Crippen molar-refractivity contribution < 1.29 is 17.6 Å². The van der Waals surface area contributed by atoms with E-state index in [2.05, 4.69) is 0 Å². The van der Waals surface area contributed by atoms with Crippen LogP contribution in [0.3, 0.4) is 0 Å². The molecule has 1 aliphatic carbocycles. The Labute approximate surface area is 161 Å². The van der Waals surface area contributed by atoms with Crippen LogP contribution in [0.2, 0.25) is 0 Å². The summed E-state index contributed by atoms with van der Waals surface area (Å²) in [4.78, 5) is 0. The molecular formula is C24H18F4. The molecule has 3 aromatic carbocycles.